The molecule has 0 aliphatic carbocycles. The highest BCUT2D eigenvalue weighted by Crippen LogP contribution is 2.29. The minimum Gasteiger partial charge on any atom is -0.296 e. The first-order chi connectivity index (χ1) is 15.0. The van der Waals surface area contributed by atoms with Gasteiger partial charge >= 0.3 is 0 Å². The Morgan fingerprint density at radius 1 is 1.06 bits per heavy atom. The fourth-order valence-corrected chi connectivity index (χ4v) is 5.19. The van der Waals surface area contributed by atoms with Crippen molar-refractivity contribution in [3.05, 3.63) is 58.6 Å². The van der Waals surface area contributed by atoms with Crippen LogP contribution in [0.5, 0.6) is 0 Å². The fourth-order valence-electron chi connectivity index (χ4n) is 2.85. The minimum atomic E-state index is -3.76. The van der Waals surface area contributed by atoms with E-state index in [1.54, 1.807) is 13.8 Å². The Kier molecular flexibility index (Phi) is 7.34. The molecule has 0 atom stereocenters. The van der Waals surface area contributed by atoms with Gasteiger partial charge in [-0.3, -0.25) is 10.1 Å². The molecule has 0 saturated heterocycles. The van der Waals surface area contributed by atoms with Gasteiger partial charge in [-0.25, -0.2) is 8.42 Å². The number of nitrogens with one attached hydrogen (secondary N) is 1. The van der Waals surface area contributed by atoms with E-state index in [-0.39, 0.29) is 21.5 Å². The van der Waals surface area contributed by atoms with Crippen LogP contribution in [0.2, 0.25) is 5.02 Å². The van der Waals surface area contributed by atoms with Gasteiger partial charge in [0.1, 0.15) is 5.01 Å². The van der Waals surface area contributed by atoms with Crippen LogP contribution in [0.1, 0.15) is 49.5 Å². The van der Waals surface area contributed by atoms with Gasteiger partial charge in [-0.05, 0) is 43.5 Å². The van der Waals surface area contributed by atoms with Gasteiger partial charge in [-0.2, -0.15) is 4.31 Å². The zero-order chi connectivity index (χ0) is 23.6. The average Bonchev–Trinajstić information content (AvgIpc) is 3.21. The third-order valence-electron chi connectivity index (χ3n) is 5.06. The first-order valence-electron chi connectivity index (χ1n) is 10.0. The lowest BCUT2D eigenvalue weighted by molar-refractivity contribution is 0.102. The number of rotatable bonds is 7. The van der Waals surface area contributed by atoms with E-state index < -0.39 is 15.9 Å². The van der Waals surface area contributed by atoms with Crippen molar-refractivity contribution in [3.63, 3.8) is 0 Å². The molecule has 3 aromatic rings. The molecule has 0 aliphatic rings. The Bertz CT molecular complexity index is 1220. The molecule has 0 fully saturated rings. The van der Waals surface area contributed by atoms with E-state index in [0.29, 0.717) is 16.1 Å². The second-order valence-corrected chi connectivity index (χ2v) is 11.3. The third-order valence-corrected chi connectivity index (χ3v) is 8.30. The lowest BCUT2D eigenvalue weighted by Crippen LogP contribution is -2.33. The van der Waals surface area contributed by atoms with Crippen molar-refractivity contribution in [3.8, 4) is 10.6 Å². The van der Waals surface area contributed by atoms with E-state index in [0.717, 1.165) is 5.56 Å². The van der Waals surface area contributed by atoms with Gasteiger partial charge in [0, 0.05) is 18.7 Å². The van der Waals surface area contributed by atoms with Crippen LogP contribution in [0.3, 0.4) is 0 Å². The molecule has 1 aromatic heterocycles. The van der Waals surface area contributed by atoms with Crippen LogP contribution < -0.4 is 5.32 Å². The summed E-state index contributed by atoms with van der Waals surface area (Å²) in [4.78, 5) is 12.8. The highest BCUT2D eigenvalue weighted by Gasteiger charge is 2.25. The van der Waals surface area contributed by atoms with Gasteiger partial charge in [0.05, 0.1) is 15.5 Å². The molecule has 2 aromatic carbocycles. The predicted molar refractivity (Wildman–Crippen MR) is 129 cm³/mol. The third kappa shape index (κ3) is 5.17. The van der Waals surface area contributed by atoms with Crippen LogP contribution in [-0.4, -0.2) is 41.9 Å². The molecule has 170 valence electrons. The molecule has 32 heavy (non-hydrogen) atoms. The summed E-state index contributed by atoms with van der Waals surface area (Å²) < 4.78 is 26.8. The van der Waals surface area contributed by atoms with E-state index in [1.807, 2.05) is 24.3 Å². The average molecular weight is 493 g/mol. The molecule has 0 saturated carbocycles. The maximum atomic E-state index is 12.8. The Balaban J connectivity index is 1.82. The number of sulfonamides is 1. The zero-order valence-corrected chi connectivity index (χ0v) is 20.8. The summed E-state index contributed by atoms with van der Waals surface area (Å²) in [7, 11) is -2.27. The topological polar surface area (TPSA) is 92.3 Å². The Morgan fingerprint density at radius 2 is 1.72 bits per heavy atom. The zero-order valence-electron chi connectivity index (χ0n) is 18.5. The van der Waals surface area contributed by atoms with Crippen molar-refractivity contribution >= 4 is 44.0 Å². The molecule has 1 heterocycles. The number of amides is 1. The summed E-state index contributed by atoms with van der Waals surface area (Å²) in [6.45, 7) is 7.79. The number of benzene rings is 2. The normalized spacial score (nSPS) is 12.0. The highest BCUT2D eigenvalue weighted by molar-refractivity contribution is 7.89. The second kappa shape index (κ2) is 9.66. The summed E-state index contributed by atoms with van der Waals surface area (Å²) in [5, 5.41) is 11.9. The monoisotopic (exact) mass is 492 g/mol. The lowest BCUT2D eigenvalue weighted by atomic mass is 10.0. The van der Waals surface area contributed by atoms with Crippen molar-refractivity contribution in [1.29, 1.82) is 0 Å². The highest BCUT2D eigenvalue weighted by atomic mass is 35.5. The van der Waals surface area contributed by atoms with E-state index in [9.17, 15) is 13.2 Å². The van der Waals surface area contributed by atoms with Crippen LogP contribution in [-0.2, 0) is 10.0 Å². The number of carbonyl (C=O) groups is 1. The van der Waals surface area contributed by atoms with Crippen molar-refractivity contribution in [2.45, 2.75) is 44.6 Å². The summed E-state index contributed by atoms with van der Waals surface area (Å²) in [5.41, 5.74) is 2.16. The SMILES string of the molecule is CC(C)c1ccc(-c2nnc(NC(=O)c3cc(S(=O)(=O)N(C)C(C)C)ccc3Cl)s2)cc1. The van der Waals surface area contributed by atoms with Crippen LogP contribution >= 0.6 is 22.9 Å². The fraction of sp³-hybridized carbons (Fsp3) is 0.318. The molecule has 10 heteroatoms. The largest absolute Gasteiger partial charge is 0.296 e. The predicted octanol–water partition coefficient (Wildman–Crippen LogP) is 5.26. The van der Waals surface area contributed by atoms with Crippen LogP contribution in [0.15, 0.2) is 47.4 Å². The molecule has 7 nitrogen and oxygen atoms in total. The first-order valence-corrected chi connectivity index (χ1v) is 12.7. The first kappa shape index (κ1) is 24.3. The maximum absolute atomic E-state index is 12.8. The van der Waals surface area contributed by atoms with Crippen LogP contribution in [0, 0.1) is 0 Å². The summed E-state index contributed by atoms with van der Waals surface area (Å²) >= 11 is 7.41. The van der Waals surface area contributed by atoms with E-state index in [2.05, 4.69) is 29.4 Å². The van der Waals surface area contributed by atoms with Crippen LogP contribution in [0.4, 0.5) is 5.13 Å². The molecule has 1 amide bonds. The van der Waals surface area contributed by atoms with Crippen molar-refractivity contribution in [2.75, 3.05) is 12.4 Å². The summed E-state index contributed by atoms with van der Waals surface area (Å²) in [6.07, 6.45) is 0. The van der Waals surface area contributed by atoms with Gasteiger partial charge in [-0.15, -0.1) is 10.2 Å². The van der Waals surface area contributed by atoms with E-state index in [4.69, 9.17) is 11.6 Å². The van der Waals surface area contributed by atoms with Crippen molar-refractivity contribution in [2.24, 2.45) is 0 Å². The molecule has 0 unspecified atom stereocenters. The van der Waals surface area contributed by atoms with Crippen molar-refractivity contribution < 1.29 is 13.2 Å². The molecule has 3 rings (SSSR count). The molecule has 0 bridgehead atoms. The van der Waals surface area contributed by atoms with Gasteiger partial charge in [-0.1, -0.05) is 61.1 Å². The number of nitrogens with zero attached hydrogens (tertiary/aromatic N) is 3. The Labute approximate surface area is 197 Å². The number of aromatic nitrogens is 2. The standard InChI is InChI=1S/C22H25ClN4O3S2/c1-13(2)15-6-8-16(9-7-15)21-25-26-22(31-21)24-20(28)18-12-17(10-11-19(18)23)32(29,30)27(5)14(3)4/h6-14H,1-5H3,(H,24,26,28). The van der Waals surface area contributed by atoms with E-state index in [1.165, 1.54) is 46.5 Å². The summed E-state index contributed by atoms with van der Waals surface area (Å²) in [6, 6.07) is 11.9. The number of carbonyl (C=O) groups excluding carboxylic acids is 1. The maximum Gasteiger partial charge on any atom is 0.259 e. The minimum absolute atomic E-state index is 0.00792. The molecule has 0 spiro atoms. The summed E-state index contributed by atoms with van der Waals surface area (Å²) in [5.74, 6) is -0.130. The van der Waals surface area contributed by atoms with Crippen molar-refractivity contribution in [1.82, 2.24) is 14.5 Å². The second-order valence-electron chi connectivity index (χ2n) is 7.90. The molecule has 1 N–H and O–H groups in total. The molecular formula is C22H25ClN4O3S2. The number of halogens is 1. The van der Waals surface area contributed by atoms with Gasteiger partial charge in [0.2, 0.25) is 15.2 Å². The molecular weight excluding hydrogens is 468 g/mol. The smallest absolute Gasteiger partial charge is 0.259 e. The van der Waals surface area contributed by atoms with Crippen LogP contribution in [0.25, 0.3) is 10.6 Å². The molecule has 0 aliphatic heterocycles. The number of anilines is 1. The quantitative estimate of drug-likeness (QED) is 0.485. The van der Waals surface area contributed by atoms with Gasteiger partial charge < -0.3 is 0 Å². The van der Waals surface area contributed by atoms with Gasteiger partial charge in [0.15, 0.2) is 0 Å². The number of hydrogen-bond acceptors (Lipinski definition) is 6. The molecule has 0 radical (unpaired) electrons. The van der Waals surface area contributed by atoms with Gasteiger partial charge in [0.25, 0.3) is 5.91 Å². The van der Waals surface area contributed by atoms with E-state index >= 15 is 0 Å². The Hall–Kier alpha value is -2.33. The Morgan fingerprint density at radius 3 is 2.31 bits per heavy atom. The lowest BCUT2D eigenvalue weighted by Gasteiger charge is -2.21. The number of hydrogen-bond donors (Lipinski definition) is 1.